The first-order valence-electron chi connectivity index (χ1n) is 9.92. The first-order valence-corrected chi connectivity index (χ1v) is 9.92. The quantitative estimate of drug-likeness (QED) is 0.657. The van der Waals surface area contributed by atoms with Gasteiger partial charge in [-0.3, -0.25) is 9.59 Å². The van der Waals surface area contributed by atoms with E-state index in [9.17, 15) is 9.59 Å². The summed E-state index contributed by atoms with van der Waals surface area (Å²) in [5.41, 5.74) is 2.95. The monoisotopic (exact) mass is 404 g/mol. The lowest BCUT2D eigenvalue weighted by molar-refractivity contribution is -0.128. The summed E-state index contributed by atoms with van der Waals surface area (Å²) in [6.07, 6.45) is 5.77. The van der Waals surface area contributed by atoms with Crippen molar-refractivity contribution in [2.24, 2.45) is 0 Å². The van der Waals surface area contributed by atoms with E-state index in [-0.39, 0.29) is 18.2 Å². The van der Waals surface area contributed by atoms with E-state index in [2.05, 4.69) is 10.3 Å². The van der Waals surface area contributed by atoms with Crippen molar-refractivity contribution in [1.82, 2.24) is 14.9 Å². The maximum atomic E-state index is 13.4. The number of carbonyl (C=O) groups is 2. The van der Waals surface area contributed by atoms with Gasteiger partial charge in [0.25, 0.3) is 5.91 Å². The van der Waals surface area contributed by atoms with Crippen molar-refractivity contribution >= 4 is 17.5 Å². The summed E-state index contributed by atoms with van der Waals surface area (Å²) < 4.78 is 7.03. The highest BCUT2D eigenvalue weighted by Gasteiger charge is 2.32. The van der Waals surface area contributed by atoms with Gasteiger partial charge in [0.1, 0.15) is 11.8 Å². The van der Waals surface area contributed by atoms with Crippen molar-refractivity contribution in [1.29, 1.82) is 0 Å². The summed E-state index contributed by atoms with van der Waals surface area (Å²) in [5.74, 6) is 0.402. The average Bonchev–Trinajstić information content (AvgIpc) is 3.46. The minimum Gasteiger partial charge on any atom is -0.496 e. The molecule has 0 saturated heterocycles. The summed E-state index contributed by atoms with van der Waals surface area (Å²) in [7, 11) is 1.60. The molecule has 0 radical (unpaired) electrons. The second kappa shape index (κ2) is 8.82. The van der Waals surface area contributed by atoms with Crippen molar-refractivity contribution in [3.63, 3.8) is 0 Å². The maximum absolute atomic E-state index is 13.4. The van der Waals surface area contributed by atoms with E-state index in [0.29, 0.717) is 18.8 Å². The van der Waals surface area contributed by atoms with Gasteiger partial charge in [0.2, 0.25) is 5.91 Å². The number of methoxy groups -OCH3 is 1. The second-order valence-corrected chi connectivity index (χ2v) is 7.19. The fourth-order valence-corrected chi connectivity index (χ4v) is 3.81. The van der Waals surface area contributed by atoms with Crippen LogP contribution in [0.25, 0.3) is 0 Å². The Morgan fingerprint density at radius 3 is 2.77 bits per heavy atom. The Balaban J connectivity index is 1.48. The number of benzene rings is 2. The molecule has 3 aromatic rings. The Hall–Kier alpha value is -3.61. The Morgan fingerprint density at radius 1 is 1.17 bits per heavy atom. The van der Waals surface area contributed by atoms with E-state index in [1.165, 1.54) is 0 Å². The molecule has 2 amide bonds. The summed E-state index contributed by atoms with van der Waals surface area (Å²) in [6.45, 7) is 0.951. The molecule has 1 N–H and O–H groups in total. The van der Waals surface area contributed by atoms with E-state index < -0.39 is 6.04 Å². The number of nitrogens with zero attached hydrogens (tertiary/aromatic N) is 3. The number of hydrogen-bond donors (Lipinski definition) is 1. The number of fused-ring (bicyclic) bond motifs is 1. The Bertz CT molecular complexity index is 1030. The molecule has 1 aliphatic rings. The van der Waals surface area contributed by atoms with E-state index >= 15 is 0 Å². The fourth-order valence-electron chi connectivity index (χ4n) is 3.81. The number of hydrogen-bond acceptors (Lipinski definition) is 4. The van der Waals surface area contributed by atoms with Crippen LogP contribution in [0.15, 0.2) is 67.3 Å². The lowest BCUT2D eigenvalue weighted by Gasteiger charge is -2.24. The van der Waals surface area contributed by atoms with Gasteiger partial charge in [-0.1, -0.05) is 36.4 Å². The highest BCUT2D eigenvalue weighted by Crippen LogP contribution is 2.30. The van der Waals surface area contributed by atoms with Crippen LogP contribution in [0.3, 0.4) is 0 Å². The summed E-state index contributed by atoms with van der Waals surface area (Å²) in [4.78, 5) is 32.0. The van der Waals surface area contributed by atoms with Crippen LogP contribution < -0.4 is 15.0 Å². The zero-order valence-corrected chi connectivity index (χ0v) is 16.8. The normalized spacial score (nSPS) is 13.6. The first-order chi connectivity index (χ1) is 14.7. The minimum absolute atomic E-state index is 0.0308. The maximum Gasteiger partial charge on any atom is 0.250 e. The van der Waals surface area contributed by atoms with Crippen LogP contribution in [-0.2, 0) is 22.6 Å². The predicted octanol–water partition coefficient (Wildman–Crippen LogP) is 2.73. The number of amides is 2. The largest absolute Gasteiger partial charge is 0.496 e. The third-order valence-corrected chi connectivity index (χ3v) is 5.37. The van der Waals surface area contributed by atoms with Gasteiger partial charge >= 0.3 is 0 Å². The predicted molar refractivity (Wildman–Crippen MR) is 113 cm³/mol. The number of anilines is 1. The van der Waals surface area contributed by atoms with Crippen LogP contribution in [0, 0.1) is 0 Å². The molecule has 0 spiro atoms. The molecule has 1 aliphatic heterocycles. The standard InChI is InChI=1S/C23H24N4O3/c1-30-21-9-5-3-7-18(21)15-25-22(28)14-20(26-13-11-24-16-26)23(29)27-12-10-17-6-2-4-8-19(17)27/h2-9,11,13,16,20H,10,12,14-15H2,1H3,(H,25,28)/t20-/m0/s1. The molecule has 7 heteroatoms. The lowest BCUT2D eigenvalue weighted by atomic mass is 10.1. The summed E-state index contributed by atoms with van der Waals surface area (Å²) in [5, 5.41) is 2.91. The van der Waals surface area contributed by atoms with Crippen molar-refractivity contribution in [3.8, 4) is 5.75 Å². The number of aromatic nitrogens is 2. The van der Waals surface area contributed by atoms with E-state index in [0.717, 1.165) is 23.2 Å². The summed E-state index contributed by atoms with van der Waals surface area (Å²) >= 11 is 0. The number of rotatable bonds is 7. The number of nitrogens with one attached hydrogen (secondary N) is 1. The zero-order chi connectivity index (χ0) is 20.9. The Kier molecular flexibility index (Phi) is 5.79. The van der Waals surface area contributed by atoms with Gasteiger partial charge in [-0.15, -0.1) is 0 Å². The van der Waals surface area contributed by atoms with Crippen LogP contribution in [0.2, 0.25) is 0 Å². The third kappa shape index (κ3) is 4.05. The Morgan fingerprint density at radius 2 is 1.97 bits per heavy atom. The lowest BCUT2D eigenvalue weighted by Crippen LogP contribution is -2.38. The molecule has 0 saturated carbocycles. The molecule has 2 aromatic carbocycles. The number of para-hydroxylation sites is 2. The number of imidazole rings is 1. The van der Waals surface area contributed by atoms with Crippen molar-refractivity contribution < 1.29 is 14.3 Å². The highest BCUT2D eigenvalue weighted by atomic mass is 16.5. The van der Waals surface area contributed by atoms with E-state index in [1.54, 1.807) is 35.3 Å². The minimum atomic E-state index is -0.656. The van der Waals surface area contributed by atoms with Gasteiger partial charge < -0.3 is 19.5 Å². The van der Waals surface area contributed by atoms with Crippen molar-refractivity contribution in [2.45, 2.75) is 25.4 Å². The van der Waals surface area contributed by atoms with Gasteiger partial charge in [0.05, 0.1) is 19.9 Å². The van der Waals surface area contributed by atoms with Crippen LogP contribution >= 0.6 is 0 Å². The summed E-state index contributed by atoms with van der Waals surface area (Å²) in [6, 6.07) is 14.8. The SMILES string of the molecule is COc1ccccc1CNC(=O)C[C@@H](C(=O)N1CCc2ccccc21)n1ccnc1. The van der Waals surface area contributed by atoms with Crippen molar-refractivity contribution in [3.05, 3.63) is 78.4 Å². The number of carbonyl (C=O) groups excluding carboxylic acids is 2. The molecular weight excluding hydrogens is 380 g/mol. The molecule has 1 aromatic heterocycles. The molecule has 2 heterocycles. The average molecular weight is 404 g/mol. The van der Waals surface area contributed by atoms with Gasteiger partial charge in [0.15, 0.2) is 0 Å². The smallest absolute Gasteiger partial charge is 0.250 e. The Labute approximate surface area is 175 Å². The van der Waals surface area contributed by atoms with Crippen LogP contribution in [0.5, 0.6) is 5.75 Å². The highest BCUT2D eigenvalue weighted by molar-refractivity contribution is 6.00. The molecule has 4 rings (SSSR count). The molecule has 7 nitrogen and oxygen atoms in total. The molecule has 0 fully saturated rings. The van der Waals surface area contributed by atoms with Gasteiger partial charge in [-0.2, -0.15) is 0 Å². The fraction of sp³-hybridized carbons (Fsp3) is 0.261. The van der Waals surface area contributed by atoms with E-state index in [4.69, 9.17) is 4.74 Å². The van der Waals surface area contributed by atoms with Crippen LogP contribution in [0.1, 0.15) is 23.6 Å². The topological polar surface area (TPSA) is 76.5 Å². The second-order valence-electron chi connectivity index (χ2n) is 7.19. The third-order valence-electron chi connectivity index (χ3n) is 5.37. The molecule has 0 aliphatic carbocycles. The molecule has 1 atom stereocenters. The van der Waals surface area contributed by atoms with Gasteiger partial charge in [0, 0.05) is 36.7 Å². The van der Waals surface area contributed by atoms with Crippen LogP contribution in [0.4, 0.5) is 5.69 Å². The first kappa shape index (κ1) is 19.7. The zero-order valence-electron chi connectivity index (χ0n) is 16.8. The number of ether oxygens (including phenoxy) is 1. The molecular formula is C23H24N4O3. The molecule has 154 valence electrons. The molecule has 0 unspecified atom stereocenters. The van der Waals surface area contributed by atoms with Crippen LogP contribution in [-0.4, -0.2) is 35.0 Å². The van der Waals surface area contributed by atoms with Gasteiger partial charge in [-0.05, 0) is 24.1 Å². The van der Waals surface area contributed by atoms with E-state index in [1.807, 2.05) is 48.5 Å². The molecule has 30 heavy (non-hydrogen) atoms. The van der Waals surface area contributed by atoms with Gasteiger partial charge in [-0.25, -0.2) is 4.98 Å². The van der Waals surface area contributed by atoms with Crippen molar-refractivity contribution in [2.75, 3.05) is 18.6 Å². The molecule has 0 bridgehead atoms.